The minimum absolute atomic E-state index is 0.0418. The van der Waals surface area contributed by atoms with Crippen LogP contribution in [-0.2, 0) is 9.84 Å². The van der Waals surface area contributed by atoms with Crippen LogP contribution < -0.4 is 5.73 Å². The molecule has 3 nitrogen and oxygen atoms in total. The Labute approximate surface area is 85.6 Å². The third-order valence-electron chi connectivity index (χ3n) is 2.01. The van der Waals surface area contributed by atoms with Crippen LogP contribution in [0.15, 0.2) is 0 Å². The molecule has 0 aliphatic carbocycles. The molecule has 2 N–H and O–H groups in total. The van der Waals surface area contributed by atoms with Crippen molar-refractivity contribution in [2.45, 2.75) is 31.4 Å². The summed E-state index contributed by atoms with van der Waals surface area (Å²) in [5.74, 6) is 0.199. The first kappa shape index (κ1) is 13.2. The summed E-state index contributed by atoms with van der Waals surface area (Å²) in [5.41, 5.74) is 5.41. The Hall–Kier alpha value is 0.200. The van der Waals surface area contributed by atoms with Gasteiger partial charge in [-0.1, -0.05) is 19.8 Å². The Morgan fingerprint density at radius 3 is 2.46 bits per heavy atom. The molecule has 0 fully saturated rings. The van der Waals surface area contributed by atoms with Crippen molar-refractivity contribution in [1.29, 1.82) is 0 Å². The molecule has 80 valence electrons. The van der Waals surface area contributed by atoms with Crippen molar-refractivity contribution < 1.29 is 8.42 Å². The highest BCUT2D eigenvalue weighted by Gasteiger charge is 2.22. The first-order valence-electron chi connectivity index (χ1n) is 4.56. The van der Waals surface area contributed by atoms with Crippen molar-refractivity contribution in [1.82, 2.24) is 0 Å². The molecule has 0 bridgehead atoms. The third-order valence-corrected chi connectivity index (χ3v) is 4.64. The number of hydrogen-bond acceptors (Lipinski definition) is 3. The molecular weight excluding hydrogens is 210 g/mol. The molecule has 0 aromatic heterocycles. The second-order valence-corrected chi connectivity index (χ2v) is 5.83. The normalized spacial score (nSPS) is 14.4. The second kappa shape index (κ2) is 6.62. The van der Waals surface area contributed by atoms with E-state index in [0.29, 0.717) is 6.42 Å². The van der Waals surface area contributed by atoms with Gasteiger partial charge in [0.15, 0.2) is 9.84 Å². The predicted octanol–water partition coefficient (Wildman–Crippen LogP) is 1.16. The maximum atomic E-state index is 11.5. The summed E-state index contributed by atoms with van der Waals surface area (Å²) >= 11 is 5.40. The van der Waals surface area contributed by atoms with E-state index >= 15 is 0 Å². The maximum absolute atomic E-state index is 11.5. The van der Waals surface area contributed by atoms with E-state index in [1.165, 1.54) is 0 Å². The number of unbranched alkanes of at least 4 members (excludes halogenated alkanes) is 1. The van der Waals surface area contributed by atoms with E-state index in [4.69, 9.17) is 17.3 Å². The smallest absolute Gasteiger partial charge is 0.155 e. The van der Waals surface area contributed by atoms with Gasteiger partial charge in [0.25, 0.3) is 0 Å². The number of hydrogen-bond donors (Lipinski definition) is 1. The van der Waals surface area contributed by atoms with Crippen LogP contribution in [0, 0.1) is 0 Å². The van der Waals surface area contributed by atoms with Gasteiger partial charge in [-0.3, -0.25) is 0 Å². The molecular formula is C8H18ClNO2S. The molecule has 0 aromatic carbocycles. The van der Waals surface area contributed by atoms with Crippen LogP contribution in [0.25, 0.3) is 0 Å². The Bertz CT molecular complexity index is 216. The van der Waals surface area contributed by atoms with Gasteiger partial charge < -0.3 is 5.73 Å². The molecule has 0 aromatic rings. The summed E-state index contributed by atoms with van der Waals surface area (Å²) in [6, 6.07) is 0. The standard InChI is InChI=1S/C8H18ClNO2S/c1-2-3-4-8(7-10)13(11,12)6-5-9/h8H,2-7,10H2,1H3. The summed E-state index contributed by atoms with van der Waals surface area (Å²) in [7, 11) is -3.05. The molecule has 0 heterocycles. The molecule has 0 radical (unpaired) electrons. The highest BCUT2D eigenvalue weighted by Crippen LogP contribution is 2.10. The minimum atomic E-state index is -3.05. The number of alkyl halides is 1. The van der Waals surface area contributed by atoms with Gasteiger partial charge in [-0.05, 0) is 6.42 Å². The number of sulfone groups is 1. The van der Waals surface area contributed by atoms with Gasteiger partial charge in [0.05, 0.1) is 11.0 Å². The Balaban J connectivity index is 4.20. The summed E-state index contributed by atoms with van der Waals surface area (Å²) < 4.78 is 23.0. The SMILES string of the molecule is CCCCC(CN)S(=O)(=O)CCCl. The first-order chi connectivity index (χ1) is 6.08. The van der Waals surface area contributed by atoms with Gasteiger partial charge in [0.2, 0.25) is 0 Å². The molecule has 0 saturated heterocycles. The Kier molecular flexibility index (Phi) is 6.73. The van der Waals surface area contributed by atoms with Crippen LogP contribution in [0.4, 0.5) is 0 Å². The molecule has 13 heavy (non-hydrogen) atoms. The highest BCUT2D eigenvalue weighted by atomic mass is 35.5. The molecule has 0 aliphatic heterocycles. The van der Waals surface area contributed by atoms with Crippen molar-refractivity contribution in [3.05, 3.63) is 0 Å². The van der Waals surface area contributed by atoms with Gasteiger partial charge >= 0.3 is 0 Å². The summed E-state index contributed by atoms with van der Waals surface area (Å²) in [4.78, 5) is 0. The largest absolute Gasteiger partial charge is 0.329 e. The first-order valence-corrected chi connectivity index (χ1v) is 6.81. The molecule has 1 atom stereocenters. The summed E-state index contributed by atoms with van der Waals surface area (Å²) in [6.07, 6.45) is 2.56. The molecule has 0 spiro atoms. The molecule has 0 saturated carbocycles. The lowest BCUT2D eigenvalue weighted by molar-refractivity contribution is 0.565. The van der Waals surface area contributed by atoms with Crippen LogP contribution in [0.1, 0.15) is 26.2 Å². The number of rotatable bonds is 7. The Morgan fingerprint density at radius 2 is 2.08 bits per heavy atom. The van der Waals surface area contributed by atoms with E-state index in [1.807, 2.05) is 6.92 Å². The fourth-order valence-corrected chi connectivity index (χ4v) is 3.16. The van der Waals surface area contributed by atoms with Crippen molar-refractivity contribution in [3.63, 3.8) is 0 Å². The zero-order chi connectivity index (χ0) is 10.3. The lowest BCUT2D eigenvalue weighted by atomic mass is 10.2. The molecule has 1 unspecified atom stereocenters. The second-order valence-electron chi connectivity index (χ2n) is 3.06. The van der Waals surface area contributed by atoms with E-state index in [1.54, 1.807) is 0 Å². The van der Waals surface area contributed by atoms with Crippen molar-refractivity contribution in [2.24, 2.45) is 5.73 Å². The van der Waals surface area contributed by atoms with Gasteiger partial charge in [0.1, 0.15) is 0 Å². The molecule has 0 aliphatic rings. The lowest BCUT2D eigenvalue weighted by Gasteiger charge is -2.13. The summed E-state index contributed by atoms with van der Waals surface area (Å²) in [6.45, 7) is 2.24. The van der Waals surface area contributed by atoms with Crippen LogP contribution in [0.2, 0.25) is 0 Å². The van der Waals surface area contributed by atoms with Crippen molar-refractivity contribution in [3.8, 4) is 0 Å². The van der Waals surface area contributed by atoms with Gasteiger partial charge in [-0.2, -0.15) is 0 Å². The van der Waals surface area contributed by atoms with Gasteiger partial charge in [-0.25, -0.2) is 8.42 Å². The number of halogens is 1. The molecule has 0 rings (SSSR count). The zero-order valence-electron chi connectivity index (χ0n) is 8.00. The summed E-state index contributed by atoms with van der Waals surface area (Å²) in [5, 5.41) is -0.397. The van der Waals surface area contributed by atoms with E-state index < -0.39 is 15.1 Å². The van der Waals surface area contributed by atoms with Crippen molar-refractivity contribution >= 4 is 21.4 Å². The predicted molar refractivity (Wildman–Crippen MR) is 56.9 cm³/mol. The van der Waals surface area contributed by atoms with Gasteiger partial charge in [0, 0.05) is 12.4 Å². The van der Waals surface area contributed by atoms with Crippen LogP contribution >= 0.6 is 11.6 Å². The topological polar surface area (TPSA) is 60.2 Å². The lowest BCUT2D eigenvalue weighted by Crippen LogP contribution is -2.32. The van der Waals surface area contributed by atoms with Crippen molar-refractivity contribution in [2.75, 3.05) is 18.2 Å². The molecule has 5 heteroatoms. The average Bonchev–Trinajstić information content (AvgIpc) is 2.05. The fraction of sp³-hybridized carbons (Fsp3) is 1.00. The molecule has 0 amide bonds. The van der Waals surface area contributed by atoms with E-state index in [-0.39, 0.29) is 18.2 Å². The van der Waals surface area contributed by atoms with E-state index in [9.17, 15) is 8.42 Å². The van der Waals surface area contributed by atoms with Crippen LogP contribution in [0.3, 0.4) is 0 Å². The van der Waals surface area contributed by atoms with Crippen LogP contribution in [-0.4, -0.2) is 31.8 Å². The van der Waals surface area contributed by atoms with E-state index in [0.717, 1.165) is 12.8 Å². The average molecular weight is 228 g/mol. The highest BCUT2D eigenvalue weighted by molar-refractivity contribution is 7.92. The quantitative estimate of drug-likeness (QED) is 0.664. The fourth-order valence-electron chi connectivity index (χ4n) is 1.15. The third kappa shape index (κ3) is 4.84. The monoisotopic (exact) mass is 227 g/mol. The van der Waals surface area contributed by atoms with Crippen LogP contribution in [0.5, 0.6) is 0 Å². The zero-order valence-corrected chi connectivity index (χ0v) is 9.57. The van der Waals surface area contributed by atoms with Gasteiger partial charge in [-0.15, -0.1) is 11.6 Å². The Morgan fingerprint density at radius 1 is 1.46 bits per heavy atom. The number of nitrogens with two attached hydrogens (primary N) is 1. The minimum Gasteiger partial charge on any atom is -0.329 e. The maximum Gasteiger partial charge on any atom is 0.155 e. The van der Waals surface area contributed by atoms with E-state index in [2.05, 4.69) is 0 Å².